The zero-order valence-electron chi connectivity index (χ0n) is 20.3. The van der Waals surface area contributed by atoms with E-state index < -0.39 is 23.4 Å². The number of carbonyl (C=O) groups is 3. The van der Waals surface area contributed by atoms with Gasteiger partial charge >= 0.3 is 0 Å². The van der Waals surface area contributed by atoms with Crippen LogP contribution in [0.15, 0.2) is 54.6 Å². The fraction of sp³-hybridized carbons (Fsp3) is 0.444. The molecule has 2 N–H and O–H groups in total. The number of amides is 3. The normalized spacial score (nSPS) is 16.6. The van der Waals surface area contributed by atoms with Gasteiger partial charge in [0.2, 0.25) is 0 Å². The van der Waals surface area contributed by atoms with Gasteiger partial charge in [0.25, 0.3) is 17.7 Å². The maximum Gasteiger partial charge on any atom is 0.257 e. The number of rotatable bonds is 7. The number of para-hydroxylation sites is 1. The van der Waals surface area contributed by atoms with Crippen molar-refractivity contribution in [3.8, 4) is 0 Å². The lowest BCUT2D eigenvalue weighted by Gasteiger charge is -2.36. The van der Waals surface area contributed by atoms with Gasteiger partial charge in [-0.05, 0) is 56.2 Å². The zero-order chi connectivity index (χ0) is 24.2. The molecular weight excluding hydrogens is 414 g/mol. The number of aryl methyl sites for hydroxylation is 1. The summed E-state index contributed by atoms with van der Waals surface area (Å²) in [5, 5.41) is 5.83. The molecule has 1 unspecified atom stereocenters. The van der Waals surface area contributed by atoms with Crippen molar-refractivity contribution >= 4 is 23.4 Å². The predicted octanol–water partition coefficient (Wildman–Crippen LogP) is 4.41. The maximum atomic E-state index is 13.5. The molecule has 0 aliphatic carbocycles. The van der Waals surface area contributed by atoms with Gasteiger partial charge in [-0.3, -0.25) is 14.4 Å². The highest BCUT2D eigenvalue weighted by molar-refractivity contribution is 6.17. The van der Waals surface area contributed by atoms with E-state index in [9.17, 15) is 14.4 Å². The van der Waals surface area contributed by atoms with Gasteiger partial charge in [0.05, 0.1) is 11.3 Å². The third-order valence-corrected chi connectivity index (χ3v) is 5.63. The van der Waals surface area contributed by atoms with E-state index in [1.165, 1.54) is 4.90 Å². The quantitative estimate of drug-likeness (QED) is 0.615. The van der Waals surface area contributed by atoms with Crippen LogP contribution in [0.4, 0.5) is 5.69 Å². The van der Waals surface area contributed by atoms with Gasteiger partial charge in [0.15, 0.2) is 6.04 Å². The highest BCUT2D eigenvalue weighted by atomic mass is 16.2. The Morgan fingerprint density at radius 1 is 0.970 bits per heavy atom. The number of anilines is 1. The number of carbonyl (C=O) groups excluding carboxylic acids is 3. The topological polar surface area (TPSA) is 78.5 Å². The summed E-state index contributed by atoms with van der Waals surface area (Å²) in [6, 6.07) is 15.6. The Morgan fingerprint density at radius 2 is 1.61 bits per heavy atom. The average molecular weight is 450 g/mol. The first-order chi connectivity index (χ1) is 15.5. The standard InChI is InChI=1S/C27H35N3O3/c1-26(2,3)18-27(4,5)29-24(32)22-23(31)28-21-16-10-9-15-20(21)25(33)30(22)17-11-14-19-12-7-6-8-13-19/h6-10,12-13,15-16,22H,11,14,17-18H2,1-5H3,(H,28,31)(H,29,32). The van der Waals surface area contributed by atoms with Gasteiger partial charge in [-0.15, -0.1) is 0 Å². The van der Waals surface area contributed by atoms with E-state index in [0.717, 1.165) is 18.4 Å². The van der Waals surface area contributed by atoms with Gasteiger partial charge in [-0.1, -0.05) is 63.2 Å². The summed E-state index contributed by atoms with van der Waals surface area (Å²) in [5.41, 5.74) is 1.44. The summed E-state index contributed by atoms with van der Waals surface area (Å²) in [5.74, 6) is -1.26. The summed E-state index contributed by atoms with van der Waals surface area (Å²) in [6.45, 7) is 10.5. The van der Waals surface area contributed by atoms with E-state index in [2.05, 4.69) is 31.4 Å². The van der Waals surface area contributed by atoms with E-state index in [1.54, 1.807) is 24.3 Å². The average Bonchev–Trinajstić information content (AvgIpc) is 2.81. The van der Waals surface area contributed by atoms with Gasteiger partial charge in [-0.2, -0.15) is 0 Å². The summed E-state index contributed by atoms with van der Waals surface area (Å²) in [6.07, 6.45) is 2.11. The zero-order valence-corrected chi connectivity index (χ0v) is 20.3. The SMILES string of the molecule is CC(C)(C)CC(C)(C)NC(=O)C1C(=O)Nc2ccccc2C(=O)N1CCCc1ccccc1. The van der Waals surface area contributed by atoms with E-state index in [-0.39, 0.29) is 11.3 Å². The van der Waals surface area contributed by atoms with Crippen molar-refractivity contribution in [2.45, 2.75) is 65.5 Å². The van der Waals surface area contributed by atoms with Crippen LogP contribution in [0.5, 0.6) is 0 Å². The smallest absolute Gasteiger partial charge is 0.257 e. The molecular formula is C27H35N3O3. The van der Waals surface area contributed by atoms with Crippen LogP contribution in [-0.2, 0) is 16.0 Å². The molecule has 0 spiro atoms. The Hall–Kier alpha value is -3.15. The minimum Gasteiger partial charge on any atom is -0.349 e. The molecule has 1 atom stereocenters. The number of hydrogen-bond donors (Lipinski definition) is 2. The fourth-order valence-corrected chi connectivity index (χ4v) is 4.75. The summed E-state index contributed by atoms with van der Waals surface area (Å²) in [4.78, 5) is 41.6. The molecule has 3 amide bonds. The van der Waals surface area contributed by atoms with Gasteiger partial charge in [0, 0.05) is 12.1 Å². The number of fused-ring (bicyclic) bond motifs is 1. The van der Waals surface area contributed by atoms with Crippen molar-refractivity contribution in [1.82, 2.24) is 10.2 Å². The lowest BCUT2D eigenvalue weighted by atomic mass is 9.81. The second-order valence-corrected chi connectivity index (χ2v) is 10.6. The Kier molecular flexibility index (Phi) is 7.25. The molecule has 3 rings (SSSR count). The molecule has 1 aliphatic rings. The van der Waals surface area contributed by atoms with Crippen molar-refractivity contribution in [3.63, 3.8) is 0 Å². The van der Waals surface area contributed by atoms with Crippen molar-refractivity contribution in [2.75, 3.05) is 11.9 Å². The maximum absolute atomic E-state index is 13.5. The summed E-state index contributed by atoms with van der Waals surface area (Å²) < 4.78 is 0. The van der Waals surface area contributed by atoms with Crippen LogP contribution in [0.2, 0.25) is 0 Å². The molecule has 0 saturated carbocycles. The summed E-state index contributed by atoms with van der Waals surface area (Å²) >= 11 is 0. The lowest BCUT2D eigenvalue weighted by Crippen LogP contribution is -2.58. The first-order valence-electron chi connectivity index (χ1n) is 11.5. The van der Waals surface area contributed by atoms with Crippen molar-refractivity contribution in [3.05, 3.63) is 65.7 Å². The van der Waals surface area contributed by atoms with Crippen molar-refractivity contribution in [2.24, 2.45) is 5.41 Å². The molecule has 6 nitrogen and oxygen atoms in total. The van der Waals surface area contributed by atoms with Crippen LogP contribution >= 0.6 is 0 Å². The molecule has 6 heteroatoms. The second-order valence-electron chi connectivity index (χ2n) is 10.6. The van der Waals surface area contributed by atoms with Crippen LogP contribution in [-0.4, -0.2) is 40.7 Å². The molecule has 33 heavy (non-hydrogen) atoms. The minimum atomic E-state index is -1.24. The molecule has 0 aromatic heterocycles. The first kappa shape index (κ1) is 24.5. The number of nitrogens with one attached hydrogen (secondary N) is 2. The van der Waals surface area contributed by atoms with Crippen LogP contribution in [0.1, 0.15) is 63.4 Å². The highest BCUT2D eigenvalue weighted by Crippen LogP contribution is 2.28. The summed E-state index contributed by atoms with van der Waals surface area (Å²) in [7, 11) is 0. The first-order valence-corrected chi connectivity index (χ1v) is 11.5. The van der Waals surface area contributed by atoms with E-state index in [1.807, 2.05) is 44.2 Å². The number of hydrogen-bond acceptors (Lipinski definition) is 3. The molecule has 2 aromatic carbocycles. The third kappa shape index (κ3) is 6.44. The van der Waals surface area contributed by atoms with Crippen LogP contribution < -0.4 is 10.6 Å². The number of benzene rings is 2. The Balaban J connectivity index is 1.86. The van der Waals surface area contributed by atoms with E-state index in [0.29, 0.717) is 24.2 Å². The van der Waals surface area contributed by atoms with E-state index in [4.69, 9.17) is 0 Å². The van der Waals surface area contributed by atoms with Crippen molar-refractivity contribution in [1.29, 1.82) is 0 Å². The predicted molar refractivity (Wildman–Crippen MR) is 131 cm³/mol. The van der Waals surface area contributed by atoms with Gasteiger partial charge in [0.1, 0.15) is 0 Å². The number of nitrogens with zero attached hydrogens (tertiary/aromatic N) is 1. The molecule has 0 saturated heterocycles. The lowest BCUT2D eigenvalue weighted by molar-refractivity contribution is -0.134. The Labute approximate surface area is 196 Å². The fourth-order valence-electron chi connectivity index (χ4n) is 4.75. The Morgan fingerprint density at radius 3 is 2.27 bits per heavy atom. The minimum absolute atomic E-state index is 0.0100. The highest BCUT2D eigenvalue weighted by Gasteiger charge is 2.41. The molecule has 1 aliphatic heterocycles. The molecule has 2 aromatic rings. The van der Waals surface area contributed by atoms with Crippen LogP contribution in [0.3, 0.4) is 0 Å². The third-order valence-electron chi connectivity index (χ3n) is 5.63. The molecule has 0 fully saturated rings. The molecule has 176 valence electrons. The van der Waals surface area contributed by atoms with E-state index >= 15 is 0 Å². The Bertz CT molecular complexity index is 1010. The van der Waals surface area contributed by atoms with Gasteiger partial charge in [-0.25, -0.2) is 0 Å². The van der Waals surface area contributed by atoms with Gasteiger partial charge < -0.3 is 15.5 Å². The molecule has 0 bridgehead atoms. The van der Waals surface area contributed by atoms with Crippen molar-refractivity contribution < 1.29 is 14.4 Å². The second kappa shape index (κ2) is 9.77. The largest absolute Gasteiger partial charge is 0.349 e. The molecule has 1 heterocycles. The van der Waals surface area contributed by atoms with Crippen LogP contribution in [0, 0.1) is 5.41 Å². The monoisotopic (exact) mass is 449 g/mol. The van der Waals surface area contributed by atoms with Crippen LogP contribution in [0.25, 0.3) is 0 Å². The molecule has 0 radical (unpaired) electrons.